The number of rotatable bonds is 3. The van der Waals surface area contributed by atoms with Gasteiger partial charge in [-0.2, -0.15) is 0 Å². The monoisotopic (exact) mass is 327 g/mol. The lowest BCUT2D eigenvalue weighted by Gasteiger charge is -2.11. The number of aromatic amines is 1. The third kappa shape index (κ3) is 3.03. The van der Waals surface area contributed by atoms with Crippen molar-refractivity contribution in [2.24, 2.45) is 4.99 Å². The van der Waals surface area contributed by atoms with Gasteiger partial charge in [-0.1, -0.05) is 11.6 Å². The van der Waals surface area contributed by atoms with Crippen LogP contribution in [0, 0.1) is 10.6 Å². The Balaban J connectivity index is 2.74. The summed E-state index contributed by atoms with van der Waals surface area (Å²) in [4.78, 5) is 18.1. The van der Waals surface area contributed by atoms with E-state index in [4.69, 9.17) is 23.8 Å². The maximum absolute atomic E-state index is 13.2. The summed E-state index contributed by atoms with van der Waals surface area (Å²) in [5.41, 5.74) is -0.267. The third-order valence-corrected chi connectivity index (χ3v) is 3.26. The summed E-state index contributed by atoms with van der Waals surface area (Å²) in [6.45, 7) is 2.24. The minimum absolute atomic E-state index is 0.0335. The van der Waals surface area contributed by atoms with Crippen molar-refractivity contribution in [3.63, 3.8) is 0 Å². The predicted molar refractivity (Wildman–Crippen MR) is 82.0 cm³/mol. The Bertz CT molecular complexity index is 829. The second-order valence-corrected chi connectivity index (χ2v) is 4.85. The molecule has 1 aromatic heterocycles. The zero-order valence-corrected chi connectivity index (χ0v) is 12.5. The normalized spacial score (nSPS) is 11.2. The average molecular weight is 328 g/mol. The van der Waals surface area contributed by atoms with Crippen LogP contribution in [0.4, 0.5) is 4.39 Å². The summed E-state index contributed by atoms with van der Waals surface area (Å²) in [6, 6.07) is 3.82. The van der Waals surface area contributed by atoms with Gasteiger partial charge in [0, 0.05) is 12.8 Å². The van der Waals surface area contributed by atoms with E-state index >= 15 is 0 Å². The molecular weight excluding hydrogens is 317 g/mol. The number of halogens is 2. The Morgan fingerprint density at radius 2 is 2.29 bits per heavy atom. The zero-order valence-electron chi connectivity index (χ0n) is 10.9. The highest BCUT2D eigenvalue weighted by molar-refractivity contribution is 7.71. The summed E-state index contributed by atoms with van der Waals surface area (Å²) < 4.78 is 14.4. The number of hydrogen-bond donors (Lipinski definition) is 2. The molecule has 0 saturated heterocycles. The molecule has 5 nitrogen and oxygen atoms in total. The molecule has 0 aliphatic carbocycles. The molecule has 0 unspecified atom stereocenters. The quantitative estimate of drug-likeness (QED) is 0.672. The van der Waals surface area contributed by atoms with E-state index in [0.717, 1.165) is 6.07 Å². The number of H-pyrrole nitrogens is 1. The first-order valence-electron chi connectivity index (χ1n) is 5.99. The van der Waals surface area contributed by atoms with Crippen LogP contribution in [-0.2, 0) is 0 Å². The molecule has 110 valence electrons. The SMILES string of the molecule is CCN=Cc1c(O)n(-c2ccc(F)c(Cl)c2)c(=S)[nH]c1=O. The van der Waals surface area contributed by atoms with Gasteiger partial charge in [-0.25, -0.2) is 4.39 Å². The second kappa shape index (κ2) is 6.19. The maximum Gasteiger partial charge on any atom is 0.264 e. The van der Waals surface area contributed by atoms with Gasteiger partial charge in [0.1, 0.15) is 11.4 Å². The Kier molecular flexibility index (Phi) is 4.54. The smallest absolute Gasteiger partial charge is 0.264 e. The summed E-state index contributed by atoms with van der Waals surface area (Å²) in [7, 11) is 0. The van der Waals surface area contributed by atoms with Gasteiger partial charge in [0.25, 0.3) is 5.56 Å². The highest BCUT2D eigenvalue weighted by Gasteiger charge is 2.13. The fraction of sp³-hybridized carbons (Fsp3) is 0.154. The van der Waals surface area contributed by atoms with Crippen LogP contribution in [-0.4, -0.2) is 27.4 Å². The summed E-state index contributed by atoms with van der Waals surface area (Å²) >= 11 is 10.7. The van der Waals surface area contributed by atoms with Crippen molar-refractivity contribution in [2.75, 3.05) is 6.54 Å². The van der Waals surface area contributed by atoms with Gasteiger partial charge in [-0.15, -0.1) is 0 Å². The Labute approximate surface area is 129 Å². The lowest BCUT2D eigenvalue weighted by molar-refractivity contribution is 0.432. The van der Waals surface area contributed by atoms with Gasteiger partial charge < -0.3 is 5.11 Å². The molecule has 1 heterocycles. The summed E-state index contributed by atoms with van der Waals surface area (Å²) in [5.74, 6) is -0.979. The first-order valence-corrected chi connectivity index (χ1v) is 6.78. The number of aromatic nitrogens is 2. The largest absolute Gasteiger partial charge is 0.494 e. The number of nitrogens with zero attached hydrogens (tertiary/aromatic N) is 2. The summed E-state index contributed by atoms with van der Waals surface area (Å²) in [5, 5.41) is 10.1. The number of aliphatic imine (C=N–C) groups is 1. The van der Waals surface area contributed by atoms with Crippen molar-refractivity contribution in [2.45, 2.75) is 6.92 Å². The van der Waals surface area contributed by atoms with E-state index in [-0.39, 0.29) is 21.2 Å². The van der Waals surface area contributed by atoms with Gasteiger partial charge in [-0.05, 0) is 37.3 Å². The topological polar surface area (TPSA) is 70.4 Å². The molecule has 0 bridgehead atoms. The van der Waals surface area contributed by atoms with Crippen LogP contribution in [0.25, 0.3) is 5.69 Å². The van der Waals surface area contributed by atoms with E-state index in [2.05, 4.69) is 9.98 Å². The Morgan fingerprint density at radius 3 is 2.90 bits per heavy atom. The van der Waals surface area contributed by atoms with Gasteiger partial charge in [0.05, 0.1) is 10.7 Å². The molecule has 0 radical (unpaired) electrons. The second-order valence-electron chi connectivity index (χ2n) is 4.06. The highest BCUT2D eigenvalue weighted by Crippen LogP contribution is 2.23. The molecule has 2 aromatic rings. The molecule has 0 spiro atoms. The number of nitrogens with one attached hydrogen (secondary N) is 1. The molecular formula is C13H11ClFN3O2S. The molecule has 8 heteroatoms. The van der Waals surface area contributed by atoms with Crippen molar-refractivity contribution in [3.8, 4) is 11.6 Å². The number of benzene rings is 1. The minimum atomic E-state index is -0.594. The van der Waals surface area contributed by atoms with Crippen LogP contribution in [0.2, 0.25) is 5.02 Å². The standard InChI is InChI=1S/C13H11ClFN3O2S/c1-2-16-6-8-11(19)17-13(21)18(12(8)20)7-3-4-10(15)9(14)5-7/h3-6,20H,2H2,1H3,(H,17,19,21). The molecule has 0 aliphatic rings. The van der Waals surface area contributed by atoms with Crippen molar-refractivity contribution in [3.05, 3.63) is 49.7 Å². The predicted octanol–water partition coefficient (Wildman–Crippen LogP) is 2.83. The van der Waals surface area contributed by atoms with Crippen molar-refractivity contribution in [1.82, 2.24) is 9.55 Å². The van der Waals surface area contributed by atoms with Gasteiger partial charge >= 0.3 is 0 Å². The number of hydrogen-bond acceptors (Lipinski definition) is 4. The van der Waals surface area contributed by atoms with Crippen molar-refractivity contribution >= 4 is 30.0 Å². The van der Waals surface area contributed by atoms with Crippen LogP contribution >= 0.6 is 23.8 Å². The van der Waals surface area contributed by atoms with Crippen LogP contribution in [0.15, 0.2) is 28.0 Å². The lowest BCUT2D eigenvalue weighted by Crippen LogP contribution is -2.18. The van der Waals surface area contributed by atoms with Gasteiger partial charge in [-0.3, -0.25) is 19.3 Å². The van der Waals surface area contributed by atoms with Crippen molar-refractivity contribution < 1.29 is 9.50 Å². The molecule has 0 amide bonds. The molecule has 21 heavy (non-hydrogen) atoms. The summed E-state index contributed by atoms with van der Waals surface area (Å²) in [6.07, 6.45) is 1.25. The molecule has 2 rings (SSSR count). The Morgan fingerprint density at radius 1 is 1.57 bits per heavy atom. The van der Waals surface area contributed by atoms with Crippen LogP contribution in [0.1, 0.15) is 12.5 Å². The molecule has 0 saturated carbocycles. The molecule has 0 fully saturated rings. The first-order chi connectivity index (χ1) is 9.95. The molecule has 0 aliphatic heterocycles. The van der Waals surface area contributed by atoms with Crippen LogP contribution in [0.3, 0.4) is 0 Å². The van der Waals surface area contributed by atoms with E-state index in [1.807, 2.05) is 0 Å². The minimum Gasteiger partial charge on any atom is -0.494 e. The highest BCUT2D eigenvalue weighted by atomic mass is 35.5. The van der Waals surface area contributed by atoms with Crippen molar-refractivity contribution in [1.29, 1.82) is 0 Å². The van der Waals surface area contributed by atoms with Gasteiger partial charge in [0.2, 0.25) is 5.88 Å². The Hall–Kier alpha value is -1.99. The fourth-order valence-electron chi connectivity index (χ4n) is 1.70. The zero-order chi connectivity index (χ0) is 15.6. The van der Waals surface area contributed by atoms with Crippen LogP contribution < -0.4 is 5.56 Å². The van der Waals surface area contributed by atoms with E-state index in [1.165, 1.54) is 22.9 Å². The lowest BCUT2D eigenvalue weighted by atomic mass is 10.3. The molecule has 1 aromatic carbocycles. The van der Waals surface area contributed by atoms with E-state index in [0.29, 0.717) is 12.2 Å². The van der Waals surface area contributed by atoms with Gasteiger partial charge in [0.15, 0.2) is 4.77 Å². The van der Waals surface area contributed by atoms with E-state index in [9.17, 15) is 14.3 Å². The average Bonchev–Trinajstić information content (AvgIpc) is 2.42. The van der Waals surface area contributed by atoms with Crippen LogP contribution in [0.5, 0.6) is 5.88 Å². The first kappa shape index (κ1) is 15.4. The maximum atomic E-state index is 13.2. The third-order valence-electron chi connectivity index (χ3n) is 2.69. The van der Waals surface area contributed by atoms with E-state index in [1.54, 1.807) is 6.92 Å². The van der Waals surface area contributed by atoms with E-state index < -0.39 is 11.4 Å². The molecule has 2 N–H and O–H groups in total. The molecule has 0 atom stereocenters. The number of aromatic hydroxyl groups is 1. The fourth-order valence-corrected chi connectivity index (χ4v) is 2.16.